The molecule has 0 fully saturated rings. The van der Waals surface area contributed by atoms with Gasteiger partial charge in [0.15, 0.2) is 5.76 Å². The minimum atomic E-state index is -0.0161. The molecule has 5 nitrogen and oxygen atoms in total. The Labute approximate surface area is 106 Å². The molecule has 2 rings (SSSR count). The van der Waals surface area contributed by atoms with Gasteiger partial charge in [-0.15, -0.1) is 0 Å². The maximum Gasteiger partial charge on any atom is 0.258 e. The first-order chi connectivity index (χ1) is 8.69. The summed E-state index contributed by atoms with van der Waals surface area (Å²) in [5, 5.41) is 7.02. The van der Waals surface area contributed by atoms with E-state index in [2.05, 4.69) is 10.2 Å². The van der Waals surface area contributed by atoms with Crippen LogP contribution in [0.2, 0.25) is 0 Å². The van der Waals surface area contributed by atoms with Gasteiger partial charge in [-0.25, -0.2) is 0 Å². The molecule has 0 atom stereocenters. The Balaban J connectivity index is 2.44. The van der Waals surface area contributed by atoms with Crippen LogP contribution in [-0.2, 0) is 0 Å². The first-order valence-electron chi connectivity index (χ1n) is 6.07. The van der Waals surface area contributed by atoms with E-state index in [9.17, 15) is 4.79 Å². The monoisotopic (exact) mass is 247 g/mol. The van der Waals surface area contributed by atoms with Crippen LogP contribution < -0.4 is 0 Å². The highest BCUT2D eigenvalue weighted by Gasteiger charge is 2.23. The Hall–Kier alpha value is -2.04. The maximum absolute atomic E-state index is 12.4. The number of carbonyl (C=O) groups is 1. The number of nitrogens with one attached hydrogen (secondary N) is 1. The summed E-state index contributed by atoms with van der Waals surface area (Å²) >= 11 is 0. The van der Waals surface area contributed by atoms with E-state index in [4.69, 9.17) is 4.42 Å². The van der Waals surface area contributed by atoms with Gasteiger partial charge in [0, 0.05) is 18.8 Å². The van der Waals surface area contributed by atoms with Crippen LogP contribution in [0.3, 0.4) is 0 Å². The van der Waals surface area contributed by atoms with Crippen molar-refractivity contribution in [2.24, 2.45) is 0 Å². The molecule has 96 valence electrons. The van der Waals surface area contributed by atoms with Crippen LogP contribution in [0.5, 0.6) is 0 Å². The van der Waals surface area contributed by atoms with Crippen LogP contribution in [0.1, 0.15) is 29.9 Å². The Morgan fingerprint density at radius 1 is 1.44 bits per heavy atom. The van der Waals surface area contributed by atoms with Crippen LogP contribution in [0, 0.1) is 6.92 Å². The number of hydrogen-bond donors (Lipinski definition) is 1. The van der Waals surface area contributed by atoms with E-state index in [-0.39, 0.29) is 5.91 Å². The average molecular weight is 247 g/mol. The number of H-pyrrole nitrogens is 1. The zero-order chi connectivity index (χ0) is 13.1. The molecule has 0 aliphatic rings. The van der Waals surface area contributed by atoms with E-state index in [0.29, 0.717) is 30.1 Å². The topological polar surface area (TPSA) is 62.1 Å². The number of aromatic nitrogens is 2. The molecule has 2 heterocycles. The fourth-order valence-corrected chi connectivity index (χ4v) is 1.95. The maximum atomic E-state index is 12.4. The number of carbonyl (C=O) groups excluding carboxylic acids is 1. The van der Waals surface area contributed by atoms with Crippen LogP contribution in [-0.4, -0.2) is 34.1 Å². The number of hydrogen-bond acceptors (Lipinski definition) is 3. The lowest BCUT2D eigenvalue weighted by atomic mass is 10.1. The van der Waals surface area contributed by atoms with E-state index < -0.39 is 0 Å². The fraction of sp³-hybridized carbons (Fsp3) is 0.385. The summed E-state index contributed by atoms with van der Waals surface area (Å²) in [6.45, 7) is 7.12. The van der Waals surface area contributed by atoms with Crippen molar-refractivity contribution < 1.29 is 9.21 Å². The van der Waals surface area contributed by atoms with Gasteiger partial charge in [-0.05, 0) is 32.9 Å². The fourth-order valence-electron chi connectivity index (χ4n) is 1.95. The third kappa shape index (κ3) is 2.03. The molecule has 1 N–H and O–H groups in total. The second kappa shape index (κ2) is 5.08. The van der Waals surface area contributed by atoms with E-state index >= 15 is 0 Å². The first-order valence-corrected chi connectivity index (χ1v) is 6.07. The molecule has 0 saturated heterocycles. The van der Waals surface area contributed by atoms with E-state index in [1.807, 2.05) is 20.8 Å². The van der Waals surface area contributed by atoms with Crippen LogP contribution in [0.4, 0.5) is 0 Å². The highest BCUT2D eigenvalue weighted by atomic mass is 16.3. The number of furan rings is 1. The summed E-state index contributed by atoms with van der Waals surface area (Å²) in [6.07, 6.45) is 1.57. The molecule has 0 saturated carbocycles. The van der Waals surface area contributed by atoms with Crippen molar-refractivity contribution in [3.63, 3.8) is 0 Å². The Morgan fingerprint density at radius 3 is 2.72 bits per heavy atom. The number of aryl methyl sites for hydroxylation is 1. The highest BCUT2D eigenvalue weighted by Crippen LogP contribution is 2.25. The number of nitrogens with zero attached hydrogens (tertiary/aromatic N) is 2. The van der Waals surface area contributed by atoms with E-state index in [0.717, 1.165) is 5.69 Å². The summed E-state index contributed by atoms with van der Waals surface area (Å²) in [6, 6.07) is 3.58. The van der Waals surface area contributed by atoms with Crippen molar-refractivity contribution in [2.45, 2.75) is 20.8 Å². The summed E-state index contributed by atoms with van der Waals surface area (Å²) in [5.41, 5.74) is 1.93. The van der Waals surface area contributed by atoms with Crippen molar-refractivity contribution in [1.82, 2.24) is 15.1 Å². The SMILES string of the molecule is CCN(CC)C(=O)c1c(-c2ccco2)n[nH]c1C. The number of amides is 1. The van der Waals surface area contributed by atoms with Crippen molar-refractivity contribution in [2.75, 3.05) is 13.1 Å². The highest BCUT2D eigenvalue weighted by molar-refractivity contribution is 6.00. The van der Waals surface area contributed by atoms with Gasteiger partial charge in [-0.2, -0.15) is 5.10 Å². The average Bonchev–Trinajstić information content (AvgIpc) is 2.98. The molecule has 0 aliphatic carbocycles. The first kappa shape index (κ1) is 12.4. The van der Waals surface area contributed by atoms with Gasteiger partial charge in [0.2, 0.25) is 0 Å². The number of rotatable bonds is 4. The second-order valence-electron chi connectivity index (χ2n) is 4.03. The molecule has 0 bridgehead atoms. The molecule has 5 heteroatoms. The van der Waals surface area contributed by atoms with Crippen LogP contribution in [0.25, 0.3) is 11.5 Å². The second-order valence-corrected chi connectivity index (χ2v) is 4.03. The van der Waals surface area contributed by atoms with Gasteiger partial charge in [0.1, 0.15) is 5.69 Å². The molecule has 18 heavy (non-hydrogen) atoms. The molecule has 0 spiro atoms. The largest absolute Gasteiger partial charge is 0.463 e. The molecule has 2 aromatic rings. The lowest BCUT2D eigenvalue weighted by molar-refractivity contribution is 0.0773. The van der Waals surface area contributed by atoms with Crippen LogP contribution in [0.15, 0.2) is 22.8 Å². The summed E-state index contributed by atoms with van der Waals surface area (Å²) in [4.78, 5) is 14.2. The summed E-state index contributed by atoms with van der Waals surface area (Å²) in [7, 11) is 0. The molecule has 0 radical (unpaired) electrons. The lowest BCUT2D eigenvalue weighted by Crippen LogP contribution is -2.31. The van der Waals surface area contributed by atoms with Gasteiger partial charge in [0.25, 0.3) is 5.91 Å². The molecular weight excluding hydrogens is 230 g/mol. The van der Waals surface area contributed by atoms with Crippen molar-refractivity contribution in [1.29, 1.82) is 0 Å². The predicted octanol–water partition coefficient (Wildman–Crippen LogP) is 2.46. The lowest BCUT2D eigenvalue weighted by Gasteiger charge is -2.18. The molecule has 2 aromatic heterocycles. The van der Waals surface area contributed by atoms with Crippen molar-refractivity contribution in [3.05, 3.63) is 29.7 Å². The Bertz CT molecular complexity index is 524. The smallest absolute Gasteiger partial charge is 0.258 e. The third-order valence-corrected chi connectivity index (χ3v) is 2.97. The molecule has 1 amide bonds. The zero-order valence-electron chi connectivity index (χ0n) is 10.9. The summed E-state index contributed by atoms with van der Waals surface area (Å²) in [5.74, 6) is 0.590. The van der Waals surface area contributed by atoms with E-state index in [1.165, 1.54) is 0 Å². The minimum Gasteiger partial charge on any atom is -0.463 e. The minimum absolute atomic E-state index is 0.0161. The molecule has 0 unspecified atom stereocenters. The third-order valence-electron chi connectivity index (χ3n) is 2.97. The Morgan fingerprint density at radius 2 is 2.17 bits per heavy atom. The Kier molecular flexibility index (Phi) is 3.50. The normalized spacial score (nSPS) is 10.6. The van der Waals surface area contributed by atoms with E-state index in [1.54, 1.807) is 23.3 Å². The van der Waals surface area contributed by atoms with Gasteiger partial charge in [0.05, 0.1) is 11.8 Å². The van der Waals surface area contributed by atoms with Gasteiger partial charge >= 0.3 is 0 Å². The molecule has 0 aromatic carbocycles. The van der Waals surface area contributed by atoms with Gasteiger partial charge in [-0.1, -0.05) is 0 Å². The van der Waals surface area contributed by atoms with Crippen LogP contribution >= 0.6 is 0 Å². The van der Waals surface area contributed by atoms with Crippen molar-refractivity contribution >= 4 is 5.91 Å². The molecule has 0 aliphatic heterocycles. The molecular formula is C13H17N3O2. The summed E-state index contributed by atoms with van der Waals surface area (Å²) < 4.78 is 5.32. The quantitative estimate of drug-likeness (QED) is 0.902. The predicted molar refractivity (Wildman–Crippen MR) is 68.3 cm³/mol. The van der Waals surface area contributed by atoms with Crippen molar-refractivity contribution in [3.8, 4) is 11.5 Å². The van der Waals surface area contributed by atoms with Gasteiger partial charge < -0.3 is 9.32 Å². The standard InChI is InChI=1S/C13H17N3O2/c1-4-16(5-2)13(17)11-9(3)14-15-12(11)10-7-6-8-18-10/h6-8H,4-5H2,1-3H3,(H,14,15). The van der Waals surface area contributed by atoms with Gasteiger partial charge in [-0.3, -0.25) is 9.89 Å². The zero-order valence-corrected chi connectivity index (χ0v) is 10.9. The number of aromatic amines is 1.